The number of carbonyl (C=O) groups excluding carboxylic acids is 1. The lowest BCUT2D eigenvalue weighted by Crippen LogP contribution is -2.23. The van der Waals surface area contributed by atoms with Crippen molar-refractivity contribution in [2.45, 2.75) is 39.0 Å². The summed E-state index contributed by atoms with van der Waals surface area (Å²) in [5, 5.41) is 0.613. The molecular weight excluding hydrogens is 299 g/mol. The van der Waals surface area contributed by atoms with E-state index in [-0.39, 0.29) is 5.97 Å². The summed E-state index contributed by atoms with van der Waals surface area (Å²) in [4.78, 5) is 11.7. The Morgan fingerprint density at radius 1 is 1.33 bits per heavy atom. The molecule has 0 spiro atoms. The second-order valence-electron chi connectivity index (χ2n) is 5.07. The van der Waals surface area contributed by atoms with E-state index in [0.717, 1.165) is 0 Å². The molecule has 4 heteroatoms. The molecule has 0 saturated carbocycles. The molecule has 1 unspecified atom stereocenters. The van der Waals surface area contributed by atoms with Crippen LogP contribution < -0.4 is 0 Å². The van der Waals surface area contributed by atoms with Gasteiger partial charge in [0.05, 0.1) is 5.56 Å². The molecule has 0 fully saturated rings. The average Bonchev–Trinajstić information content (AvgIpc) is 2.27. The third-order valence-electron chi connectivity index (χ3n) is 2.27. The quantitative estimate of drug-likeness (QED) is 0.606. The fourth-order valence-electron chi connectivity index (χ4n) is 1.43. The topological polar surface area (TPSA) is 26.3 Å². The zero-order chi connectivity index (χ0) is 13.8. The molecule has 1 rings (SSSR count). The van der Waals surface area contributed by atoms with E-state index in [0.29, 0.717) is 22.9 Å². The van der Waals surface area contributed by atoms with Crippen LogP contribution in [0.4, 0.5) is 4.39 Å². The van der Waals surface area contributed by atoms with E-state index in [1.807, 2.05) is 20.8 Å². The summed E-state index contributed by atoms with van der Waals surface area (Å²) in [6, 6.07) is 6.47. The molecule has 0 aromatic heterocycles. The Bertz CT molecular complexity index is 395. The minimum atomic E-state index is -1.00. The van der Waals surface area contributed by atoms with Crippen LogP contribution in [0, 0.1) is 0 Å². The maximum absolute atomic E-state index is 13.6. The van der Waals surface area contributed by atoms with Crippen LogP contribution in [0.1, 0.15) is 49.3 Å². The molecule has 2 nitrogen and oxygen atoms in total. The Morgan fingerprint density at radius 3 is 2.33 bits per heavy atom. The highest BCUT2D eigenvalue weighted by atomic mass is 79.9. The van der Waals surface area contributed by atoms with Gasteiger partial charge in [-0.1, -0.05) is 28.1 Å². The zero-order valence-electron chi connectivity index (χ0n) is 10.9. The minimum Gasteiger partial charge on any atom is -0.456 e. The molecule has 0 aliphatic heterocycles. The van der Waals surface area contributed by atoms with Crippen molar-refractivity contribution < 1.29 is 13.9 Å². The standard InChI is InChI=1S/C14H18BrFO2/c1-14(2,3)18-13(17)11-6-4-10(5-7-11)12(16)8-9-15/h4-7,12H,8-9H2,1-3H3. The van der Waals surface area contributed by atoms with Crippen molar-refractivity contribution in [2.24, 2.45) is 0 Å². The van der Waals surface area contributed by atoms with Gasteiger partial charge in [0.1, 0.15) is 11.8 Å². The smallest absolute Gasteiger partial charge is 0.338 e. The number of ether oxygens (including phenoxy) is 1. The van der Waals surface area contributed by atoms with Crippen molar-refractivity contribution in [3.63, 3.8) is 0 Å². The van der Waals surface area contributed by atoms with Crippen molar-refractivity contribution in [2.75, 3.05) is 5.33 Å². The second-order valence-corrected chi connectivity index (χ2v) is 5.86. The molecule has 0 heterocycles. The predicted octanol–water partition coefficient (Wildman–Crippen LogP) is 4.44. The third-order valence-corrected chi connectivity index (χ3v) is 2.73. The number of esters is 1. The Balaban J connectivity index is 2.74. The first-order chi connectivity index (χ1) is 8.33. The lowest BCUT2D eigenvalue weighted by atomic mass is 10.1. The number of alkyl halides is 2. The van der Waals surface area contributed by atoms with Crippen LogP contribution in [-0.4, -0.2) is 16.9 Å². The summed E-state index contributed by atoms with van der Waals surface area (Å²) in [5.41, 5.74) is 0.510. The number of halogens is 2. The lowest BCUT2D eigenvalue weighted by Gasteiger charge is -2.19. The van der Waals surface area contributed by atoms with Crippen molar-refractivity contribution in [1.29, 1.82) is 0 Å². The molecule has 0 bridgehead atoms. The molecule has 1 atom stereocenters. The van der Waals surface area contributed by atoms with E-state index >= 15 is 0 Å². The van der Waals surface area contributed by atoms with E-state index in [2.05, 4.69) is 15.9 Å². The molecule has 0 saturated heterocycles. The third kappa shape index (κ3) is 4.77. The minimum absolute atomic E-state index is 0.384. The monoisotopic (exact) mass is 316 g/mol. The van der Waals surface area contributed by atoms with Crippen LogP contribution in [0.15, 0.2) is 24.3 Å². The molecule has 0 N–H and O–H groups in total. The largest absolute Gasteiger partial charge is 0.456 e. The Labute approximate surface area is 116 Å². The van der Waals surface area contributed by atoms with Gasteiger partial charge < -0.3 is 4.74 Å². The van der Waals surface area contributed by atoms with Gasteiger partial charge in [-0.25, -0.2) is 9.18 Å². The molecule has 100 valence electrons. The van der Waals surface area contributed by atoms with Crippen LogP contribution in [0.25, 0.3) is 0 Å². The highest BCUT2D eigenvalue weighted by molar-refractivity contribution is 9.09. The summed E-state index contributed by atoms with van der Waals surface area (Å²) in [7, 11) is 0. The van der Waals surface area contributed by atoms with E-state index in [1.165, 1.54) is 0 Å². The first-order valence-corrected chi connectivity index (χ1v) is 6.99. The summed E-state index contributed by atoms with van der Waals surface area (Å²) in [6.07, 6.45) is -0.580. The molecule has 1 aromatic rings. The Morgan fingerprint density at radius 2 is 1.89 bits per heavy atom. The number of benzene rings is 1. The van der Waals surface area contributed by atoms with E-state index in [9.17, 15) is 9.18 Å². The van der Waals surface area contributed by atoms with Gasteiger partial charge in [0, 0.05) is 5.33 Å². The van der Waals surface area contributed by atoms with Crippen molar-refractivity contribution in [1.82, 2.24) is 0 Å². The van der Waals surface area contributed by atoms with Gasteiger partial charge in [-0.05, 0) is 44.9 Å². The van der Waals surface area contributed by atoms with E-state index < -0.39 is 11.8 Å². The zero-order valence-corrected chi connectivity index (χ0v) is 12.5. The predicted molar refractivity (Wildman–Crippen MR) is 73.9 cm³/mol. The summed E-state index contributed by atoms with van der Waals surface area (Å²) >= 11 is 3.20. The number of hydrogen-bond donors (Lipinski definition) is 0. The number of hydrogen-bond acceptors (Lipinski definition) is 2. The number of rotatable bonds is 4. The molecule has 0 aliphatic carbocycles. The SMILES string of the molecule is CC(C)(C)OC(=O)c1ccc(C(F)CCBr)cc1. The van der Waals surface area contributed by atoms with Crippen molar-refractivity contribution >= 4 is 21.9 Å². The first-order valence-electron chi connectivity index (χ1n) is 5.87. The Kier molecular flexibility index (Phi) is 5.32. The fourth-order valence-corrected chi connectivity index (χ4v) is 1.83. The first kappa shape index (κ1) is 15.2. The van der Waals surface area contributed by atoms with E-state index in [1.54, 1.807) is 24.3 Å². The molecule has 0 amide bonds. The number of carbonyl (C=O) groups is 1. The summed E-state index contributed by atoms with van der Waals surface area (Å²) in [6.45, 7) is 5.44. The van der Waals surface area contributed by atoms with Gasteiger partial charge in [0.15, 0.2) is 0 Å². The fraction of sp³-hybridized carbons (Fsp3) is 0.500. The molecule has 0 aliphatic rings. The normalized spacial score (nSPS) is 13.2. The van der Waals surface area contributed by atoms with Gasteiger partial charge in [-0.3, -0.25) is 0 Å². The van der Waals surface area contributed by atoms with Crippen LogP contribution in [0.3, 0.4) is 0 Å². The summed E-state index contributed by atoms with van der Waals surface area (Å²) < 4.78 is 18.8. The molecule has 18 heavy (non-hydrogen) atoms. The molecule has 0 radical (unpaired) electrons. The van der Waals surface area contributed by atoms with E-state index in [4.69, 9.17) is 4.74 Å². The Hall–Kier alpha value is -0.900. The maximum atomic E-state index is 13.6. The molecule has 1 aromatic carbocycles. The van der Waals surface area contributed by atoms with Crippen LogP contribution in [0.5, 0.6) is 0 Å². The van der Waals surface area contributed by atoms with Crippen molar-refractivity contribution in [3.8, 4) is 0 Å². The lowest BCUT2D eigenvalue weighted by molar-refractivity contribution is 0.00695. The molecular formula is C14H18BrFO2. The van der Waals surface area contributed by atoms with Gasteiger partial charge in [0.25, 0.3) is 0 Å². The van der Waals surface area contributed by atoms with Gasteiger partial charge in [-0.15, -0.1) is 0 Å². The van der Waals surface area contributed by atoms with Gasteiger partial charge in [0.2, 0.25) is 0 Å². The van der Waals surface area contributed by atoms with Gasteiger partial charge >= 0.3 is 5.97 Å². The van der Waals surface area contributed by atoms with Crippen LogP contribution in [-0.2, 0) is 4.74 Å². The van der Waals surface area contributed by atoms with Crippen LogP contribution >= 0.6 is 15.9 Å². The van der Waals surface area contributed by atoms with Crippen LogP contribution in [0.2, 0.25) is 0 Å². The van der Waals surface area contributed by atoms with Gasteiger partial charge in [-0.2, -0.15) is 0 Å². The highest BCUT2D eigenvalue weighted by Gasteiger charge is 2.18. The average molecular weight is 317 g/mol. The second kappa shape index (κ2) is 6.32. The van der Waals surface area contributed by atoms with Crippen molar-refractivity contribution in [3.05, 3.63) is 35.4 Å². The summed E-state index contributed by atoms with van der Waals surface area (Å²) in [5.74, 6) is -0.384. The highest BCUT2D eigenvalue weighted by Crippen LogP contribution is 2.22. The maximum Gasteiger partial charge on any atom is 0.338 e.